The van der Waals surface area contributed by atoms with Crippen molar-refractivity contribution in [3.8, 4) is 0 Å². The van der Waals surface area contributed by atoms with E-state index in [4.69, 9.17) is 16.3 Å². The van der Waals surface area contributed by atoms with E-state index in [-0.39, 0.29) is 11.9 Å². The summed E-state index contributed by atoms with van der Waals surface area (Å²) >= 11 is 0. The Morgan fingerprint density at radius 2 is 2.00 bits per heavy atom. The van der Waals surface area contributed by atoms with Crippen molar-refractivity contribution < 1.29 is 31.6 Å². The molecule has 5 atom stereocenters. The first-order valence-corrected chi connectivity index (χ1v) is 5.33. The van der Waals surface area contributed by atoms with Crippen LogP contribution in [0, 0.1) is 0 Å². The van der Waals surface area contributed by atoms with E-state index in [1.807, 2.05) is 0 Å². The van der Waals surface area contributed by atoms with Crippen molar-refractivity contribution in [2.24, 2.45) is 0 Å². The molecule has 9 heteroatoms. The van der Waals surface area contributed by atoms with Crippen LogP contribution in [0.1, 0.15) is 13.3 Å². The summed E-state index contributed by atoms with van der Waals surface area (Å²) in [5.74, 6) is 0. The van der Waals surface area contributed by atoms with E-state index < -0.39 is 43.9 Å². The van der Waals surface area contributed by atoms with Crippen molar-refractivity contribution >= 4 is 0 Å². The molecule has 1 fully saturated rings. The summed E-state index contributed by atoms with van der Waals surface area (Å²) in [4.78, 5) is 0. The van der Waals surface area contributed by atoms with E-state index in [9.17, 15) is 15.3 Å². The molecule has 5 N–H and O–H groups in total. The Labute approximate surface area is 103 Å². The second-order valence-corrected chi connectivity index (χ2v) is 3.97. The molecule has 1 aliphatic heterocycles. The Morgan fingerprint density at radius 3 is 2.56 bits per heavy atom. The summed E-state index contributed by atoms with van der Waals surface area (Å²) < 4.78 is 13.7. The van der Waals surface area contributed by atoms with Crippen molar-refractivity contribution in [1.29, 1.82) is 0 Å². The number of aromatic nitrogens is 3. The van der Waals surface area contributed by atoms with Gasteiger partial charge in [0.15, 0.2) is 6.23 Å². The number of hydrogen-bond acceptors (Lipinski definition) is 8. The summed E-state index contributed by atoms with van der Waals surface area (Å²) in [6.45, 7) is -1.08. The lowest BCUT2D eigenvalue weighted by atomic mass is 9.98. The third-order valence-corrected chi connectivity index (χ3v) is 2.76. The summed E-state index contributed by atoms with van der Waals surface area (Å²) in [6.07, 6.45) is -7.24. The van der Waals surface area contributed by atoms with Crippen molar-refractivity contribution in [2.45, 2.75) is 37.3 Å². The predicted octanol–water partition coefficient (Wildman–Crippen LogP) is -3.26. The normalized spacial score (nSPS) is 37.6. The second-order valence-electron chi connectivity index (χ2n) is 3.97. The molecule has 0 aromatic carbocycles. The van der Waals surface area contributed by atoms with Crippen LogP contribution < -0.4 is 0 Å². The number of hydrogen-bond donors (Lipinski definition) is 5. The fourth-order valence-corrected chi connectivity index (χ4v) is 1.74. The Hall–Kier alpha value is -1.10. The van der Waals surface area contributed by atoms with E-state index in [1.165, 1.54) is 0 Å². The van der Waals surface area contributed by atoms with Crippen LogP contribution in [0.3, 0.4) is 0 Å². The molecule has 1 aliphatic rings. The van der Waals surface area contributed by atoms with Gasteiger partial charge >= 0.3 is 0 Å². The fourth-order valence-electron chi connectivity index (χ4n) is 1.74. The largest absolute Gasteiger partial charge is 0.394 e. The van der Waals surface area contributed by atoms with E-state index in [0.29, 0.717) is 0 Å². The van der Waals surface area contributed by atoms with Crippen molar-refractivity contribution in [2.75, 3.05) is 6.61 Å². The van der Waals surface area contributed by atoms with Gasteiger partial charge in [-0.1, -0.05) is 5.21 Å². The number of aliphatic hydroxyl groups is 5. The van der Waals surface area contributed by atoms with Gasteiger partial charge in [0, 0.05) is 0 Å². The molecule has 2 rings (SSSR count). The molecular formula is C9H15N3O6. The zero-order valence-electron chi connectivity index (χ0n) is 10.3. The molecule has 0 saturated carbocycles. The Morgan fingerprint density at radius 1 is 1.28 bits per heavy atom. The standard InChI is InChI=1S/C9H15N3O6/c13-2-4-1-12(11-10-4)9-8(17)7(16)6(15)5(3-14)18-9/h1,5-9,13-17H,2-3H2/t5-,6+,7+,8-,9-/m1/s1/i1D. The van der Waals surface area contributed by atoms with Crippen LogP contribution in [0.25, 0.3) is 0 Å². The van der Waals surface area contributed by atoms with Gasteiger partial charge in [-0.3, -0.25) is 0 Å². The summed E-state index contributed by atoms with van der Waals surface area (Å²) in [7, 11) is 0. The van der Waals surface area contributed by atoms with E-state index in [0.717, 1.165) is 4.68 Å². The van der Waals surface area contributed by atoms with E-state index in [1.54, 1.807) is 0 Å². The monoisotopic (exact) mass is 262 g/mol. The van der Waals surface area contributed by atoms with Gasteiger partial charge in [-0.15, -0.1) is 5.10 Å². The Bertz CT molecular complexity index is 442. The van der Waals surface area contributed by atoms with E-state index >= 15 is 0 Å². The number of aliphatic hydroxyl groups excluding tert-OH is 5. The van der Waals surface area contributed by atoms with Crippen LogP contribution in [0.15, 0.2) is 6.17 Å². The van der Waals surface area contributed by atoms with Crippen molar-refractivity contribution in [1.82, 2.24) is 15.0 Å². The Kier molecular flexibility index (Phi) is 3.50. The molecule has 0 amide bonds. The minimum Gasteiger partial charge on any atom is -0.394 e. The molecule has 0 aliphatic carbocycles. The first kappa shape index (κ1) is 12.0. The first-order valence-electron chi connectivity index (χ1n) is 5.83. The van der Waals surface area contributed by atoms with Gasteiger partial charge in [-0.05, 0) is 0 Å². The van der Waals surface area contributed by atoms with Gasteiger partial charge in [-0.2, -0.15) is 0 Å². The van der Waals surface area contributed by atoms with Gasteiger partial charge in [-0.25, -0.2) is 4.68 Å². The smallest absolute Gasteiger partial charge is 0.180 e. The highest BCUT2D eigenvalue weighted by atomic mass is 16.6. The topological polar surface area (TPSA) is 141 Å². The van der Waals surface area contributed by atoms with Crippen molar-refractivity contribution in [3.05, 3.63) is 11.9 Å². The molecule has 2 heterocycles. The van der Waals surface area contributed by atoms with Crippen LogP contribution in [-0.2, 0) is 11.3 Å². The maximum absolute atomic E-state index is 9.83. The quantitative estimate of drug-likeness (QED) is 0.382. The molecule has 0 bridgehead atoms. The lowest BCUT2D eigenvalue weighted by molar-refractivity contribution is -0.254. The molecular weight excluding hydrogens is 246 g/mol. The average Bonchev–Trinajstić information content (AvgIpc) is 2.78. The minimum atomic E-state index is -1.56. The lowest BCUT2D eigenvalue weighted by Crippen LogP contribution is -2.56. The third-order valence-electron chi connectivity index (χ3n) is 2.76. The van der Waals surface area contributed by atoms with Crippen molar-refractivity contribution in [3.63, 3.8) is 0 Å². The minimum absolute atomic E-state index is 0.0167. The number of ether oxygens (including phenoxy) is 1. The summed E-state index contributed by atoms with van der Waals surface area (Å²) in [5.41, 5.74) is -0.0167. The molecule has 0 unspecified atom stereocenters. The molecule has 1 saturated heterocycles. The van der Waals surface area contributed by atoms with Crippen LogP contribution in [0.5, 0.6) is 0 Å². The summed E-state index contributed by atoms with van der Waals surface area (Å²) in [5, 5.41) is 54.1. The van der Waals surface area contributed by atoms with Gasteiger partial charge in [0.05, 0.1) is 20.8 Å². The second kappa shape index (κ2) is 5.26. The van der Waals surface area contributed by atoms with Crippen LogP contribution >= 0.6 is 0 Å². The summed E-state index contributed by atoms with van der Waals surface area (Å²) in [6, 6.07) is 0. The maximum Gasteiger partial charge on any atom is 0.180 e. The predicted molar refractivity (Wildman–Crippen MR) is 55.0 cm³/mol. The molecule has 18 heavy (non-hydrogen) atoms. The van der Waals surface area contributed by atoms with Gasteiger partial charge in [0.1, 0.15) is 30.1 Å². The van der Waals surface area contributed by atoms with E-state index in [2.05, 4.69) is 10.3 Å². The van der Waals surface area contributed by atoms with Gasteiger partial charge < -0.3 is 30.3 Å². The molecule has 0 spiro atoms. The zero-order chi connectivity index (χ0) is 14.2. The highest BCUT2D eigenvalue weighted by Crippen LogP contribution is 2.27. The molecule has 0 radical (unpaired) electrons. The number of rotatable bonds is 3. The molecule has 1 aromatic rings. The average molecular weight is 262 g/mol. The molecule has 9 nitrogen and oxygen atoms in total. The first-order chi connectivity index (χ1) is 9.01. The van der Waals surface area contributed by atoms with Crippen LogP contribution in [0.4, 0.5) is 0 Å². The van der Waals surface area contributed by atoms with Gasteiger partial charge in [0.25, 0.3) is 0 Å². The zero-order valence-corrected chi connectivity index (χ0v) is 9.29. The SMILES string of the molecule is [2H]c1c(CO)nnn1[C@@H]1O[C@H](CO)[C@H](O)[C@H](O)[C@H]1O. The molecule has 1 aromatic heterocycles. The maximum atomic E-state index is 9.83. The number of nitrogens with zero attached hydrogens (tertiary/aromatic N) is 3. The van der Waals surface area contributed by atoms with Gasteiger partial charge in [0.2, 0.25) is 0 Å². The molecule has 102 valence electrons. The Balaban J connectivity index is 2.29. The van der Waals surface area contributed by atoms with Crippen LogP contribution in [0.2, 0.25) is 0 Å². The lowest BCUT2D eigenvalue weighted by Gasteiger charge is -2.39. The third kappa shape index (κ3) is 2.23. The highest BCUT2D eigenvalue weighted by molar-refractivity contribution is 4.95. The fraction of sp³-hybridized carbons (Fsp3) is 0.778. The van der Waals surface area contributed by atoms with Crippen LogP contribution in [-0.4, -0.2) is 71.5 Å². The highest BCUT2D eigenvalue weighted by Gasteiger charge is 2.44.